The van der Waals surface area contributed by atoms with Crippen molar-refractivity contribution in [3.05, 3.63) is 34.6 Å². The molecule has 0 saturated carbocycles. The third-order valence-corrected chi connectivity index (χ3v) is 2.54. The largest absolute Gasteiger partial charge is 0.324 e. The first kappa shape index (κ1) is 7.74. The van der Waals surface area contributed by atoms with E-state index >= 15 is 0 Å². The van der Waals surface area contributed by atoms with Gasteiger partial charge >= 0.3 is 0 Å². The molecule has 0 aliphatic heterocycles. The average Bonchev–Trinajstić information content (AvgIpc) is 2.35. The number of fused-ring (bicyclic) bond motifs is 1. The van der Waals surface area contributed by atoms with E-state index < -0.39 is 0 Å². The van der Waals surface area contributed by atoms with Crippen LogP contribution in [-0.4, -0.2) is 0 Å². The molecule has 1 aromatic carbocycles. The van der Waals surface area contributed by atoms with Crippen molar-refractivity contribution in [1.29, 1.82) is 0 Å². The van der Waals surface area contributed by atoms with E-state index in [1.807, 2.05) is 6.07 Å². The van der Waals surface area contributed by atoms with E-state index in [9.17, 15) is 4.39 Å². The van der Waals surface area contributed by atoms with Crippen molar-refractivity contribution >= 4 is 0 Å². The molecule has 0 saturated heterocycles. The van der Waals surface area contributed by atoms with Crippen molar-refractivity contribution in [1.82, 2.24) is 0 Å². The Labute approximate surface area is 71.4 Å². The van der Waals surface area contributed by atoms with Crippen molar-refractivity contribution < 1.29 is 4.39 Å². The molecule has 1 atom stereocenters. The maximum Gasteiger partial charge on any atom is 0.126 e. The highest BCUT2D eigenvalue weighted by atomic mass is 19.1. The number of nitrogens with two attached hydrogens (primary N) is 1. The maximum absolute atomic E-state index is 13.1. The predicted octanol–water partition coefficient (Wildman–Crippen LogP) is 2.08. The summed E-state index contributed by atoms with van der Waals surface area (Å²) < 4.78 is 13.1. The average molecular weight is 165 g/mol. The second-order valence-electron chi connectivity index (χ2n) is 3.45. The number of rotatable bonds is 0. The van der Waals surface area contributed by atoms with Gasteiger partial charge in [-0.2, -0.15) is 0 Å². The second kappa shape index (κ2) is 2.56. The molecular weight excluding hydrogens is 153 g/mol. The highest BCUT2D eigenvalue weighted by molar-refractivity contribution is 5.38. The quantitative estimate of drug-likeness (QED) is 0.625. The molecule has 0 amide bonds. The smallest absolute Gasteiger partial charge is 0.126 e. The number of hydrogen-bond acceptors (Lipinski definition) is 1. The fraction of sp³-hybridized carbons (Fsp3) is 0.400. The van der Waals surface area contributed by atoms with Crippen LogP contribution in [0.25, 0.3) is 0 Å². The molecule has 0 bridgehead atoms. The third kappa shape index (κ3) is 1.03. The number of halogens is 1. The Hall–Kier alpha value is -0.890. The Morgan fingerprint density at radius 2 is 2.25 bits per heavy atom. The highest BCUT2D eigenvalue weighted by Gasteiger charge is 2.19. The number of benzene rings is 1. The van der Waals surface area contributed by atoms with Crippen LogP contribution in [0.5, 0.6) is 0 Å². The molecule has 2 heteroatoms. The summed E-state index contributed by atoms with van der Waals surface area (Å²) in [6, 6.07) is 3.62. The number of hydrogen-bond donors (Lipinski definition) is 1. The van der Waals surface area contributed by atoms with Crippen LogP contribution in [0.4, 0.5) is 4.39 Å². The summed E-state index contributed by atoms with van der Waals surface area (Å²) in [5.41, 5.74) is 8.76. The lowest BCUT2D eigenvalue weighted by Crippen LogP contribution is -2.05. The number of aryl methyl sites for hydroxylation is 2. The van der Waals surface area contributed by atoms with E-state index in [1.54, 1.807) is 13.0 Å². The van der Waals surface area contributed by atoms with Crippen LogP contribution in [0.2, 0.25) is 0 Å². The molecule has 0 heterocycles. The van der Waals surface area contributed by atoms with Crippen molar-refractivity contribution in [3.63, 3.8) is 0 Å². The first-order chi connectivity index (χ1) is 5.68. The van der Waals surface area contributed by atoms with Gasteiger partial charge in [0.15, 0.2) is 0 Å². The molecule has 0 radical (unpaired) electrons. The first-order valence-corrected chi connectivity index (χ1v) is 4.23. The zero-order chi connectivity index (χ0) is 8.72. The molecule has 1 nitrogen and oxygen atoms in total. The van der Waals surface area contributed by atoms with Crippen molar-refractivity contribution in [3.8, 4) is 0 Å². The van der Waals surface area contributed by atoms with Crippen LogP contribution < -0.4 is 5.73 Å². The van der Waals surface area contributed by atoms with E-state index in [-0.39, 0.29) is 11.9 Å². The summed E-state index contributed by atoms with van der Waals surface area (Å²) >= 11 is 0. The Kier molecular flexibility index (Phi) is 1.65. The van der Waals surface area contributed by atoms with Gasteiger partial charge in [0.25, 0.3) is 0 Å². The van der Waals surface area contributed by atoms with Gasteiger partial charge in [-0.1, -0.05) is 6.07 Å². The van der Waals surface area contributed by atoms with Crippen LogP contribution in [0.15, 0.2) is 12.1 Å². The van der Waals surface area contributed by atoms with Crippen molar-refractivity contribution in [2.24, 2.45) is 5.73 Å². The first-order valence-electron chi connectivity index (χ1n) is 4.23. The molecule has 1 aromatic rings. The second-order valence-corrected chi connectivity index (χ2v) is 3.45. The highest BCUT2D eigenvalue weighted by Crippen LogP contribution is 2.30. The molecule has 0 spiro atoms. The van der Waals surface area contributed by atoms with E-state index in [1.165, 1.54) is 0 Å². The van der Waals surface area contributed by atoms with E-state index in [4.69, 9.17) is 5.73 Å². The zero-order valence-electron chi connectivity index (χ0n) is 7.10. The summed E-state index contributed by atoms with van der Waals surface area (Å²) in [5.74, 6) is -0.108. The molecule has 64 valence electrons. The molecular formula is C10H12FN. The molecule has 2 rings (SSSR count). The van der Waals surface area contributed by atoms with Crippen LogP contribution in [-0.2, 0) is 6.42 Å². The van der Waals surface area contributed by atoms with Gasteiger partial charge in [-0.15, -0.1) is 0 Å². The van der Waals surface area contributed by atoms with Gasteiger partial charge in [0, 0.05) is 6.04 Å². The van der Waals surface area contributed by atoms with Gasteiger partial charge in [0.05, 0.1) is 0 Å². The lowest BCUT2D eigenvalue weighted by molar-refractivity contribution is 0.616. The van der Waals surface area contributed by atoms with Gasteiger partial charge in [-0.05, 0) is 42.5 Å². The van der Waals surface area contributed by atoms with Crippen molar-refractivity contribution in [2.75, 3.05) is 0 Å². The third-order valence-electron chi connectivity index (χ3n) is 2.54. The molecule has 12 heavy (non-hydrogen) atoms. The SMILES string of the molecule is Cc1cc2c(cc1F)CCC2N. The molecule has 1 unspecified atom stereocenters. The van der Waals surface area contributed by atoms with Gasteiger partial charge in [0.1, 0.15) is 5.82 Å². The topological polar surface area (TPSA) is 26.0 Å². The van der Waals surface area contributed by atoms with Crippen molar-refractivity contribution in [2.45, 2.75) is 25.8 Å². The Balaban J connectivity index is 2.56. The Morgan fingerprint density at radius 3 is 3.00 bits per heavy atom. The summed E-state index contributed by atoms with van der Waals surface area (Å²) in [4.78, 5) is 0. The Bertz CT molecular complexity index is 320. The molecule has 1 aliphatic rings. The van der Waals surface area contributed by atoms with Gasteiger partial charge in [0.2, 0.25) is 0 Å². The monoisotopic (exact) mass is 165 g/mol. The summed E-state index contributed by atoms with van der Waals surface area (Å²) in [5, 5.41) is 0. The minimum atomic E-state index is -0.108. The van der Waals surface area contributed by atoms with Crippen LogP contribution >= 0.6 is 0 Å². The van der Waals surface area contributed by atoms with E-state index in [0.29, 0.717) is 5.56 Å². The van der Waals surface area contributed by atoms with Crippen LogP contribution in [0, 0.1) is 12.7 Å². The fourth-order valence-corrected chi connectivity index (χ4v) is 1.77. The Morgan fingerprint density at radius 1 is 1.50 bits per heavy atom. The van der Waals surface area contributed by atoms with E-state index in [2.05, 4.69) is 0 Å². The fourth-order valence-electron chi connectivity index (χ4n) is 1.77. The molecule has 1 aliphatic carbocycles. The lowest BCUT2D eigenvalue weighted by Gasteiger charge is -2.05. The van der Waals surface area contributed by atoms with Gasteiger partial charge in [-0.25, -0.2) is 4.39 Å². The lowest BCUT2D eigenvalue weighted by atomic mass is 10.1. The molecule has 0 fully saturated rings. The zero-order valence-corrected chi connectivity index (χ0v) is 7.10. The molecule has 0 aromatic heterocycles. The van der Waals surface area contributed by atoms with Crippen LogP contribution in [0.3, 0.4) is 0 Å². The molecule has 2 N–H and O–H groups in total. The summed E-state index contributed by atoms with van der Waals surface area (Å²) in [6.45, 7) is 1.78. The standard InChI is InChI=1S/C10H12FN/c1-6-4-8-7(5-9(6)11)2-3-10(8)12/h4-5,10H,2-3,12H2,1H3. The maximum atomic E-state index is 13.1. The van der Waals surface area contributed by atoms with Crippen LogP contribution in [0.1, 0.15) is 29.2 Å². The van der Waals surface area contributed by atoms with E-state index in [0.717, 1.165) is 24.0 Å². The summed E-state index contributed by atoms with van der Waals surface area (Å²) in [6.07, 6.45) is 1.88. The normalized spacial score (nSPS) is 21.1. The van der Waals surface area contributed by atoms with Gasteiger partial charge in [-0.3, -0.25) is 0 Å². The van der Waals surface area contributed by atoms with Gasteiger partial charge < -0.3 is 5.73 Å². The minimum absolute atomic E-state index is 0.108. The minimum Gasteiger partial charge on any atom is -0.324 e. The predicted molar refractivity (Wildman–Crippen MR) is 46.4 cm³/mol. The summed E-state index contributed by atoms with van der Waals surface area (Å²) in [7, 11) is 0.